The minimum absolute atomic E-state index is 0.00763. The Morgan fingerprint density at radius 1 is 0.952 bits per heavy atom. The van der Waals surface area contributed by atoms with Gasteiger partial charge in [0.1, 0.15) is 11.7 Å². The van der Waals surface area contributed by atoms with Gasteiger partial charge in [0.05, 0.1) is 5.52 Å². The van der Waals surface area contributed by atoms with Gasteiger partial charge in [-0.05, 0) is 24.3 Å². The van der Waals surface area contributed by atoms with Gasteiger partial charge < -0.3 is 5.32 Å². The maximum absolute atomic E-state index is 4.36. The lowest BCUT2D eigenvalue weighted by molar-refractivity contribution is 0.256. The molecule has 0 bridgehead atoms. The van der Waals surface area contributed by atoms with Crippen LogP contribution in [0.2, 0.25) is 0 Å². The summed E-state index contributed by atoms with van der Waals surface area (Å²) < 4.78 is 1.97. The lowest BCUT2D eigenvalue weighted by Gasteiger charge is -2.32. The van der Waals surface area contributed by atoms with Crippen LogP contribution in [-0.2, 0) is 0 Å². The third-order valence-corrected chi connectivity index (χ3v) is 3.52. The lowest BCUT2D eigenvalue weighted by atomic mass is 9.92. The van der Waals surface area contributed by atoms with Crippen molar-refractivity contribution < 1.29 is 0 Å². The predicted molar refractivity (Wildman–Crippen MR) is 86.1 cm³/mol. The molecular weight excluding hydrogens is 260 g/mol. The van der Waals surface area contributed by atoms with E-state index >= 15 is 0 Å². The summed E-state index contributed by atoms with van der Waals surface area (Å²) >= 11 is 0. The van der Waals surface area contributed by atoms with Crippen molar-refractivity contribution in [3.05, 3.63) is 54.6 Å². The van der Waals surface area contributed by atoms with Crippen LogP contribution in [0.15, 0.2) is 54.6 Å². The molecule has 3 aromatic rings. The van der Waals surface area contributed by atoms with Crippen LogP contribution in [0, 0.1) is 5.41 Å². The Morgan fingerprint density at radius 3 is 2.33 bits per heavy atom. The van der Waals surface area contributed by atoms with Crippen molar-refractivity contribution in [2.75, 3.05) is 5.32 Å². The third kappa shape index (κ3) is 2.75. The van der Waals surface area contributed by atoms with Crippen molar-refractivity contribution >= 4 is 16.7 Å². The van der Waals surface area contributed by atoms with E-state index in [-0.39, 0.29) is 11.6 Å². The number of benzene rings is 2. The van der Waals surface area contributed by atoms with E-state index in [9.17, 15) is 0 Å². The standard InChI is InChI=1S/C17H20N4/c1-17(2,3)16(18-13-9-5-4-6-10-13)21-15-12-8-7-11-14(15)19-20-21/h4-12,16,18H,1-3H3. The van der Waals surface area contributed by atoms with Gasteiger partial charge in [0.15, 0.2) is 0 Å². The van der Waals surface area contributed by atoms with Crippen molar-refractivity contribution in [1.29, 1.82) is 0 Å². The van der Waals surface area contributed by atoms with Crippen LogP contribution in [0.1, 0.15) is 26.9 Å². The van der Waals surface area contributed by atoms with Crippen molar-refractivity contribution in [3.63, 3.8) is 0 Å². The van der Waals surface area contributed by atoms with Crippen molar-refractivity contribution in [1.82, 2.24) is 15.0 Å². The minimum Gasteiger partial charge on any atom is -0.363 e. The monoisotopic (exact) mass is 280 g/mol. The van der Waals surface area contributed by atoms with Crippen LogP contribution in [0.5, 0.6) is 0 Å². The smallest absolute Gasteiger partial charge is 0.127 e. The highest BCUT2D eigenvalue weighted by atomic mass is 15.5. The summed E-state index contributed by atoms with van der Waals surface area (Å²) in [5.74, 6) is 0. The van der Waals surface area contributed by atoms with Crippen LogP contribution >= 0.6 is 0 Å². The topological polar surface area (TPSA) is 42.7 Å². The molecule has 1 heterocycles. The molecule has 0 aliphatic rings. The van der Waals surface area contributed by atoms with E-state index in [1.807, 2.05) is 41.1 Å². The van der Waals surface area contributed by atoms with Crippen LogP contribution < -0.4 is 5.32 Å². The van der Waals surface area contributed by atoms with Crippen molar-refractivity contribution in [2.24, 2.45) is 5.41 Å². The maximum atomic E-state index is 4.36. The van der Waals surface area contributed by atoms with Gasteiger partial charge in [-0.25, -0.2) is 4.68 Å². The number of nitrogens with one attached hydrogen (secondary N) is 1. The summed E-state index contributed by atoms with van der Waals surface area (Å²) in [6.45, 7) is 6.60. The Labute approximate surface area is 124 Å². The molecule has 0 fully saturated rings. The summed E-state index contributed by atoms with van der Waals surface area (Å²) in [5.41, 5.74) is 3.03. The van der Waals surface area contributed by atoms with Gasteiger partial charge in [-0.3, -0.25) is 0 Å². The molecule has 21 heavy (non-hydrogen) atoms. The Morgan fingerprint density at radius 2 is 1.62 bits per heavy atom. The molecule has 0 radical (unpaired) electrons. The number of nitrogens with zero attached hydrogens (tertiary/aromatic N) is 3. The van der Waals surface area contributed by atoms with Gasteiger partial charge in [-0.15, -0.1) is 5.10 Å². The van der Waals surface area contributed by atoms with E-state index in [2.05, 4.69) is 54.6 Å². The molecule has 0 aliphatic carbocycles. The second-order valence-corrected chi connectivity index (χ2v) is 6.30. The molecule has 1 N–H and O–H groups in total. The van der Waals surface area contributed by atoms with Crippen LogP contribution in [0.3, 0.4) is 0 Å². The summed E-state index contributed by atoms with van der Waals surface area (Å²) in [6, 6.07) is 18.3. The average Bonchev–Trinajstić information content (AvgIpc) is 2.88. The first-order valence-corrected chi connectivity index (χ1v) is 7.17. The first-order chi connectivity index (χ1) is 10.1. The molecule has 0 spiro atoms. The largest absolute Gasteiger partial charge is 0.363 e. The molecule has 0 aliphatic heterocycles. The van der Waals surface area contributed by atoms with E-state index < -0.39 is 0 Å². The van der Waals surface area contributed by atoms with Crippen LogP contribution in [0.4, 0.5) is 5.69 Å². The molecule has 0 amide bonds. The fraction of sp³-hybridized carbons (Fsp3) is 0.294. The van der Waals surface area contributed by atoms with Gasteiger partial charge >= 0.3 is 0 Å². The number of para-hydroxylation sites is 2. The number of fused-ring (bicyclic) bond motifs is 1. The maximum Gasteiger partial charge on any atom is 0.127 e. The van der Waals surface area contributed by atoms with Gasteiger partial charge in [0, 0.05) is 11.1 Å². The Hall–Kier alpha value is -2.36. The lowest BCUT2D eigenvalue weighted by Crippen LogP contribution is -2.32. The quantitative estimate of drug-likeness (QED) is 0.785. The first kappa shape index (κ1) is 13.6. The summed E-state index contributed by atoms with van der Waals surface area (Å²) in [5, 5.41) is 12.2. The number of aromatic nitrogens is 3. The van der Waals surface area contributed by atoms with E-state index in [0.29, 0.717) is 0 Å². The Bertz CT molecular complexity index is 725. The second-order valence-electron chi connectivity index (χ2n) is 6.30. The molecule has 2 aromatic carbocycles. The fourth-order valence-corrected chi connectivity index (χ4v) is 2.41. The summed E-state index contributed by atoms with van der Waals surface area (Å²) in [4.78, 5) is 0. The molecule has 3 rings (SSSR count). The molecule has 108 valence electrons. The summed E-state index contributed by atoms with van der Waals surface area (Å²) in [6.07, 6.45) is 0.0206. The molecular formula is C17H20N4. The number of anilines is 1. The number of rotatable bonds is 3. The molecule has 1 atom stereocenters. The normalized spacial score (nSPS) is 13.3. The van der Waals surface area contributed by atoms with E-state index in [4.69, 9.17) is 0 Å². The highest BCUT2D eigenvalue weighted by molar-refractivity contribution is 5.74. The van der Waals surface area contributed by atoms with E-state index in [1.165, 1.54) is 0 Å². The molecule has 4 heteroatoms. The third-order valence-electron chi connectivity index (χ3n) is 3.52. The van der Waals surface area contributed by atoms with Crippen molar-refractivity contribution in [3.8, 4) is 0 Å². The minimum atomic E-state index is -0.00763. The SMILES string of the molecule is CC(C)(C)C(Nc1ccccc1)n1nnc2ccccc21. The van der Waals surface area contributed by atoms with E-state index in [0.717, 1.165) is 16.7 Å². The zero-order valence-electron chi connectivity index (χ0n) is 12.6. The molecule has 0 saturated heterocycles. The van der Waals surface area contributed by atoms with Crippen LogP contribution in [0.25, 0.3) is 11.0 Å². The van der Waals surface area contributed by atoms with Crippen LogP contribution in [-0.4, -0.2) is 15.0 Å². The summed E-state index contributed by atoms with van der Waals surface area (Å²) in [7, 11) is 0. The molecule has 1 aromatic heterocycles. The second kappa shape index (κ2) is 5.20. The van der Waals surface area contributed by atoms with E-state index in [1.54, 1.807) is 0 Å². The zero-order valence-corrected chi connectivity index (χ0v) is 12.6. The van der Waals surface area contributed by atoms with Crippen molar-refractivity contribution in [2.45, 2.75) is 26.9 Å². The molecule has 0 saturated carbocycles. The molecule has 1 unspecified atom stereocenters. The van der Waals surface area contributed by atoms with Gasteiger partial charge in [-0.2, -0.15) is 0 Å². The van der Waals surface area contributed by atoms with Gasteiger partial charge in [0.25, 0.3) is 0 Å². The highest BCUT2D eigenvalue weighted by Crippen LogP contribution is 2.32. The van der Waals surface area contributed by atoms with Gasteiger partial charge in [-0.1, -0.05) is 56.3 Å². The average molecular weight is 280 g/mol. The first-order valence-electron chi connectivity index (χ1n) is 7.17. The predicted octanol–water partition coefficient (Wildman–Crippen LogP) is 4.09. The van der Waals surface area contributed by atoms with Gasteiger partial charge in [0.2, 0.25) is 0 Å². The number of hydrogen-bond donors (Lipinski definition) is 1. The molecule has 4 nitrogen and oxygen atoms in total. The fourth-order valence-electron chi connectivity index (χ4n) is 2.41. The highest BCUT2D eigenvalue weighted by Gasteiger charge is 2.28. The zero-order chi connectivity index (χ0) is 14.9. The number of hydrogen-bond acceptors (Lipinski definition) is 3. The Balaban J connectivity index is 2.04. The Kier molecular flexibility index (Phi) is 3.37.